The smallest absolute Gasteiger partial charge is 0.250 e. The molecule has 0 saturated heterocycles. The molecule has 5 nitrogen and oxygen atoms in total. The van der Waals surface area contributed by atoms with E-state index in [2.05, 4.69) is 10.6 Å². The predicted molar refractivity (Wildman–Crippen MR) is 80.2 cm³/mol. The molecule has 0 bridgehead atoms. The van der Waals surface area contributed by atoms with Gasteiger partial charge >= 0.3 is 0 Å². The number of anilines is 1. The molecule has 1 aromatic carbocycles. The molecule has 0 unspecified atom stereocenters. The highest BCUT2D eigenvalue weighted by atomic mass is 32.1. The highest BCUT2D eigenvalue weighted by Crippen LogP contribution is 2.13. The molecule has 0 radical (unpaired) electrons. The maximum atomic E-state index is 11.6. The van der Waals surface area contributed by atoms with Crippen molar-refractivity contribution in [3.8, 4) is 5.75 Å². The van der Waals surface area contributed by atoms with Gasteiger partial charge in [-0.2, -0.15) is 0 Å². The summed E-state index contributed by atoms with van der Waals surface area (Å²) in [6, 6.07) is 9.79. The molecule has 3 N–H and O–H groups in total. The Morgan fingerprint density at radius 1 is 1.25 bits per heavy atom. The van der Waals surface area contributed by atoms with E-state index in [9.17, 15) is 4.79 Å². The summed E-state index contributed by atoms with van der Waals surface area (Å²) in [7, 11) is 0. The molecule has 0 aliphatic rings. The zero-order valence-electron chi connectivity index (χ0n) is 10.4. The topological polar surface area (TPSA) is 74.5 Å². The van der Waals surface area contributed by atoms with E-state index in [4.69, 9.17) is 21.7 Å². The van der Waals surface area contributed by atoms with Crippen molar-refractivity contribution in [2.24, 2.45) is 0 Å². The number of hydrogen-bond donors (Lipinski definition) is 3. The van der Waals surface area contributed by atoms with E-state index in [1.165, 1.54) is 24.5 Å². The summed E-state index contributed by atoms with van der Waals surface area (Å²) in [5.74, 6) is 0.377. The number of amides is 1. The molecule has 0 fully saturated rings. The number of carbonyl (C=O) groups excluding carboxylic acids is 1. The van der Waals surface area contributed by atoms with Gasteiger partial charge in [-0.05, 0) is 54.7 Å². The van der Waals surface area contributed by atoms with Crippen LogP contribution in [0.5, 0.6) is 5.75 Å². The maximum Gasteiger partial charge on any atom is 0.250 e. The fraction of sp³-hybridized carbons (Fsp3) is 0. The molecule has 0 aliphatic heterocycles. The lowest BCUT2D eigenvalue weighted by molar-refractivity contribution is -0.115. The second-order valence-electron chi connectivity index (χ2n) is 3.84. The number of furan rings is 1. The van der Waals surface area contributed by atoms with Gasteiger partial charge in [-0.1, -0.05) is 0 Å². The molecule has 1 heterocycles. The van der Waals surface area contributed by atoms with E-state index in [1.807, 2.05) is 0 Å². The largest absolute Gasteiger partial charge is 0.508 e. The van der Waals surface area contributed by atoms with E-state index in [1.54, 1.807) is 30.3 Å². The number of benzene rings is 1. The van der Waals surface area contributed by atoms with Crippen molar-refractivity contribution in [3.63, 3.8) is 0 Å². The lowest BCUT2D eigenvalue weighted by Crippen LogP contribution is -2.32. The minimum Gasteiger partial charge on any atom is -0.508 e. The van der Waals surface area contributed by atoms with Gasteiger partial charge in [0.1, 0.15) is 11.5 Å². The van der Waals surface area contributed by atoms with Crippen molar-refractivity contribution in [1.82, 2.24) is 5.32 Å². The summed E-state index contributed by atoms with van der Waals surface area (Å²) < 4.78 is 5.06. The Balaban J connectivity index is 1.85. The SMILES string of the molecule is O=C(/C=C/c1ccco1)NC(=S)Nc1ccc(O)cc1. The first-order chi connectivity index (χ1) is 9.63. The standard InChI is InChI=1S/C14H12N2O3S/c17-11-5-3-10(4-6-11)15-14(20)16-13(18)8-7-12-2-1-9-19-12/h1-9,17H,(H2,15,16,18,20)/b8-7+. The van der Waals surface area contributed by atoms with Gasteiger partial charge in [-0.15, -0.1) is 0 Å². The van der Waals surface area contributed by atoms with Crippen LogP contribution in [-0.4, -0.2) is 16.1 Å². The minimum absolute atomic E-state index is 0.159. The summed E-state index contributed by atoms with van der Waals surface area (Å²) >= 11 is 5.00. The first-order valence-electron chi connectivity index (χ1n) is 5.76. The number of carbonyl (C=O) groups is 1. The highest BCUT2D eigenvalue weighted by Gasteiger charge is 2.02. The van der Waals surface area contributed by atoms with Crippen molar-refractivity contribution >= 4 is 35.0 Å². The molecule has 20 heavy (non-hydrogen) atoms. The van der Waals surface area contributed by atoms with Gasteiger partial charge in [0.2, 0.25) is 5.91 Å². The van der Waals surface area contributed by atoms with Crippen molar-refractivity contribution in [3.05, 3.63) is 54.5 Å². The second-order valence-corrected chi connectivity index (χ2v) is 4.25. The van der Waals surface area contributed by atoms with Gasteiger partial charge in [0.15, 0.2) is 5.11 Å². The molecule has 2 rings (SSSR count). The average molecular weight is 288 g/mol. The Kier molecular flexibility index (Phi) is 4.52. The molecule has 0 saturated carbocycles. The first kappa shape index (κ1) is 13.8. The van der Waals surface area contributed by atoms with Crippen LogP contribution in [0.15, 0.2) is 53.2 Å². The number of hydrogen-bond acceptors (Lipinski definition) is 4. The van der Waals surface area contributed by atoms with E-state index in [0.717, 1.165) is 0 Å². The number of thiocarbonyl (C=S) groups is 1. The Labute approximate surface area is 120 Å². The molecule has 0 aliphatic carbocycles. The lowest BCUT2D eigenvalue weighted by Gasteiger charge is -2.07. The van der Waals surface area contributed by atoms with E-state index < -0.39 is 0 Å². The van der Waals surface area contributed by atoms with Crippen LogP contribution < -0.4 is 10.6 Å². The first-order valence-corrected chi connectivity index (χ1v) is 6.17. The van der Waals surface area contributed by atoms with Crippen molar-refractivity contribution in [1.29, 1.82) is 0 Å². The van der Waals surface area contributed by atoms with Crippen LogP contribution >= 0.6 is 12.2 Å². The van der Waals surface area contributed by atoms with E-state index >= 15 is 0 Å². The zero-order valence-corrected chi connectivity index (χ0v) is 11.2. The number of phenolic OH excluding ortho intramolecular Hbond substituents is 1. The summed E-state index contributed by atoms with van der Waals surface area (Å²) in [5, 5.41) is 14.6. The van der Waals surface area contributed by atoms with E-state index in [-0.39, 0.29) is 16.8 Å². The van der Waals surface area contributed by atoms with Crippen molar-refractivity contribution in [2.45, 2.75) is 0 Å². The van der Waals surface area contributed by atoms with Crippen LogP contribution in [0.3, 0.4) is 0 Å². The number of rotatable bonds is 3. The number of nitrogens with one attached hydrogen (secondary N) is 2. The molecule has 2 aromatic rings. The molecule has 0 spiro atoms. The van der Waals surface area contributed by atoms with Gasteiger partial charge in [0, 0.05) is 11.8 Å². The highest BCUT2D eigenvalue weighted by molar-refractivity contribution is 7.80. The average Bonchev–Trinajstić information content (AvgIpc) is 2.92. The fourth-order valence-electron chi connectivity index (χ4n) is 1.40. The monoisotopic (exact) mass is 288 g/mol. The van der Waals surface area contributed by atoms with Crippen molar-refractivity contribution in [2.75, 3.05) is 5.32 Å². The Morgan fingerprint density at radius 3 is 2.65 bits per heavy atom. The third kappa shape index (κ3) is 4.25. The van der Waals surface area contributed by atoms with Crippen molar-refractivity contribution < 1.29 is 14.3 Å². The molecule has 6 heteroatoms. The lowest BCUT2D eigenvalue weighted by atomic mass is 10.3. The summed E-state index contributed by atoms with van der Waals surface area (Å²) in [5.41, 5.74) is 0.670. The Morgan fingerprint density at radius 2 is 2.00 bits per heavy atom. The fourth-order valence-corrected chi connectivity index (χ4v) is 1.62. The van der Waals surface area contributed by atoms with Crippen LogP contribution in [0.2, 0.25) is 0 Å². The Hall–Kier alpha value is -2.60. The number of aromatic hydroxyl groups is 1. The predicted octanol–water partition coefficient (Wildman–Crippen LogP) is 2.51. The normalized spacial score (nSPS) is 10.4. The van der Waals surface area contributed by atoms with Crippen LogP contribution in [0.25, 0.3) is 6.08 Å². The van der Waals surface area contributed by atoms with Gasteiger partial charge in [0.25, 0.3) is 0 Å². The number of phenols is 1. The van der Waals surface area contributed by atoms with Crippen LogP contribution in [0, 0.1) is 0 Å². The molecular weight excluding hydrogens is 276 g/mol. The Bertz CT molecular complexity index is 618. The summed E-state index contributed by atoms with van der Waals surface area (Å²) in [6.45, 7) is 0. The molecular formula is C14H12N2O3S. The molecule has 1 amide bonds. The second kappa shape index (κ2) is 6.53. The van der Waals surface area contributed by atoms with Gasteiger partial charge in [0.05, 0.1) is 6.26 Å². The quantitative estimate of drug-likeness (QED) is 0.460. The third-order valence-electron chi connectivity index (χ3n) is 2.30. The zero-order chi connectivity index (χ0) is 14.4. The minimum atomic E-state index is -0.363. The van der Waals surface area contributed by atoms with Crippen LogP contribution in [0.4, 0.5) is 5.69 Å². The maximum absolute atomic E-state index is 11.6. The van der Waals surface area contributed by atoms with Gasteiger partial charge < -0.3 is 14.8 Å². The van der Waals surface area contributed by atoms with E-state index in [0.29, 0.717) is 11.4 Å². The van der Waals surface area contributed by atoms with Gasteiger partial charge in [-0.25, -0.2) is 0 Å². The third-order valence-corrected chi connectivity index (χ3v) is 2.51. The summed E-state index contributed by atoms with van der Waals surface area (Å²) in [4.78, 5) is 11.6. The molecule has 0 atom stereocenters. The van der Waals surface area contributed by atoms with Gasteiger partial charge in [-0.3, -0.25) is 10.1 Å². The van der Waals surface area contributed by atoms with Crippen LogP contribution in [-0.2, 0) is 4.79 Å². The van der Waals surface area contributed by atoms with Crippen LogP contribution in [0.1, 0.15) is 5.76 Å². The molecule has 102 valence electrons. The summed E-state index contributed by atoms with van der Waals surface area (Å²) in [6.07, 6.45) is 4.39. The molecule has 1 aromatic heterocycles.